The number of amides is 3. The number of nitrogens with one attached hydrogen (secondary N) is 3. The van der Waals surface area contributed by atoms with Crippen LogP contribution in [0.25, 0.3) is 0 Å². The number of hydrogen-bond donors (Lipinski definition) is 9. The molecule has 0 saturated carbocycles. The SMILES string of the molecule is CC(NC(=O)C(N)CO)C(=O)NC(CCCCN)C(=O)NC(CCCN=C(N)N)C(=O)O. The van der Waals surface area contributed by atoms with Gasteiger partial charge in [0.2, 0.25) is 17.7 Å². The van der Waals surface area contributed by atoms with Crippen molar-refractivity contribution in [3.63, 3.8) is 0 Å². The molecule has 0 spiro atoms. The molecule has 0 rings (SSSR count). The van der Waals surface area contributed by atoms with Crippen molar-refractivity contribution in [2.45, 2.75) is 63.2 Å². The Morgan fingerprint density at radius 1 is 0.906 bits per heavy atom. The average Bonchev–Trinajstić information content (AvgIpc) is 2.73. The molecule has 0 heterocycles. The van der Waals surface area contributed by atoms with Gasteiger partial charge >= 0.3 is 5.97 Å². The summed E-state index contributed by atoms with van der Waals surface area (Å²) in [4.78, 5) is 52.2. The number of unbranched alkanes of at least 4 members (excludes halogenated alkanes) is 1. The van der Waals surface area contributed by atoms with E-state index in [0.29, 0.717) is 25.8 Å². The van der Waals surface area contributed by atoms with E-state index < -0.39 is 54.5 Å². The summed E-state index contributed by atoms with van der Waals surface area (Å²) >= 11 is 0. The maximum absolute atomic E-state index is 12.7. The first kappa shape index (κ1) is 29.0. The van der Waals surface area contributed by atoms with Gasteiger partial charge in [-0.2, -0.15) is 0 Å². The Labute approximate surface area is 186 Å². The molecule has 0 aromatic rings. The van der Waals surface area contributed by atoms with Crippen molar-refractivity contribution in [3.05, 3.63) is 0 Å². The lowest BCUT2D eigenvalue weighted by molar-refractivity contribution is -0.142. The van der Waals surface area contributed by atoms with Crippen LogP contribution in [0.1, 0.15) is 39.0 Å². The molecule has 0 aromatic carbocycles. The van der Waals surface area contributed by atoms with Crippen molar-refractivity contribution in [3.8, 4) is 0 Å². The molecule has 4 atom stereocenters. The van der Waals surface area contributed by atoms with E-state index in [9.17, 15) is 24.3 Å². The monoisotopic (exact) mass is 460 g/mol. The number of aliphatic hydroxyl groups is 1. The number of aliphatic imine (C=N–C) groups is 1. The second-order valence-corrected chi connectivity index (χ2v) is 7.21. The van der Waals surface area contributed by atoms with Gasteiger partial charge in [0, 0.05) is 6.54 Å². The van der Waals surface area contributed by atoms with Gasteiger partial charge in [0.15, 0.2) is 5.96 Å². The first-order chi connectivity index (χ1) is 15.0. The van der Waals surface area contributed by atoms with Gasteiger partial charge in [-0.1, -0.05) is 0 Å². The zero-order chi connectivity index (χ0) is 24.7. The number of carbonyl (C=O) groups is 4. The van der Waals surface area contributed by atoms with Crippen molar-refractivity contribution >= 4 is 29.7 Å². The molecular formula is C18H36N8O6. The molecular weight excluding hydrogens is 424 g/mol. The third kappa shape index (κ3) is 12.0. The van der Waals surface area contributed by atoms with Gasteiger partial charge in [-0.15, -0.1) is 0 Å². The molecule has 184 valence electrons. The molecule has 13 N–H and O–H groups in total. The van der Waals surface area contributed by atoms with Crippen LogP contribution in [0.3, 0.4) is 0 Å². The van der Waals surface area contributed by atoms with Gasteiger partial charge in [0.05, 0.1) is 6.61 Å². The van der Waals surface area contributed by atoms with E-state index in [1.807, 2.05) is 0 Å². The Kier molecular flexibility index (Phi) is 14.3. The molecule has 0 fully saturated rings. The number of rotatable bonds is 16. The van der Waals surface area contributed by atoms with E-state index in [4.69, 9.17) is 28.0 Å². The summed E-state index contributed by atoms with van der Waals surface area (Å²) < 4.78 is 0. The average molecular weight is 461 g/mol. The zero-order valence-corrected chi connectivity index (χ0v) is 18.3. The third-order valence-electron chi connectivity index (χ3n) is 4.43. The Hall–Kier alpha value is -2.97. The quantitative estimate of drug-likeness (QED) is 0.0612. The highest BCUT2D eigenvalue weighted by atomic mass is 16.4. The molecule has 4 unspecified atom stereocenters. The molecule has 0 aromatic heterocycles. The number of aliphatic hydroxyl groups excluding tert-OH is 1. The van der Waals surface area contributed by atoms with Crippen LogP contribution < -0.4 is 38.9 Å². The Morgan fingerprint density at radius 3 is 2.03 bits per heavy atom. The van der Waals surface area contributed by atoms with Crippen molar-refractivity contribution in [1.29, 1.82) is 0 Å². The number of nitrogens with two attached hydrogens (primary N) is 4. The van der Waals surface area contributed by atoms with E-state index in [0.717, 1.165) is 0 Å². The van der Waals surface area contributed by atoms with Crippen LogP contribution in [0.2, 0.25) is 0 Å². The van der Waals surface area contributed by atoms with E-state index in [2.05, 4.69) is 20.9 Å². The van der Waals surface area contributed by atoms with E-state index in [-0.39, 0.29) is 25.3 Å². The highest BCUT2D eigenvalue weighted by Gasteiger charge is 2.28. The summed E-state index contributed by atoms with van der Waals surface area (Å²) in [5, 5.41) is 25.5. The van der Waals surface area contributed by atoms with Gasteiger partial charge in [-0.05, 0) is 45.6 Å². The van der Waals surface area contributed by atoms with Crippen LogP contribution in [0.15, 0.2) is 4.99 Å². The lowest BCUT2D eigenvalue weighted by Gasteiger charge is -2.23. The second kappa shape index (κ2) is 15.8. The van der Waals surface area contributed by atoms with Crippen LogP contribution in [-0.2, 0) is 19.2 Å². The highest BCUT2D eigenvalue weighted by Crippen LogP contribution is 2.05. The van der Waals surface area contributed by atoms with E-state index >= 15 is 0 Å². The Balaban J connectivity index is 5.09. The topological polar surface area (TPSA) is 261 Å². The Bertz CT molecular complexity index is 655. The van der Waals surface area contributed by atoms with Crippen LogP contribution in [0.5, 0.6) is 0 Å². The number of carboxylic acid groups (broad SMARTS) is 1. The summed E-state index contributed by atoms with van der Waals surface area (Å²) in [6.07, 6.45) is 1.71. The number of aliphatic carboxylic acids is 1. The van der Waals surface area contributed by atoms with E-state index in [1.165, 1.54) is 6.92 Å². The molecule has 0 aliphatic rings. The molecule has 0 aliphatic heterocycles. The van der Waals surface area contributed by atoms with Gasteiger partial charge in [0.1, 0.15) is 24.2 Å². The minimum Gasteiger partial charge on any atom is -0.480 e. The molecule has 0 aliphatic carbocycles. The van der Waals surface area contributed by atoms with E-state index in [1.54, 1.807) is 0 Å². The number of carboxylic acids is 1. The smallest absolute Gasteiger partial charge is 0.326 e. The summed E-state index contributed by atoms with van der Waals surface area (Å²) in [6, 6.07) is -4.48. The standard InChI is InChI=1S/C18H36N8O6/c1-10(24-15(29)11(20)9-27)14(28)25-12(5-2-3-7-19)16(30)26-13(17(31)32)6-4-8-23-18(21)22/h10-13,27H,2-9,19-20H2,1H3,(H,24,29)(H,25,28)(H,26,30)(H,31,32)(H4,21,22,23). The highest BCUT2D eigenvalue weighted by molar-refractivity contribution is 5.93. The predicted molar refractivity (Wildman–Crippen MR) is 117 cm³/mol. The lowest BCUT2D eigenvalue weighted by atomic mass is 10.1. The maximum atomic E-state index is 12.7. The fourth-order valence-corrected chi connectivity index (χ4v) is 2.56. The summed E-state index contributed by atoms with van der Waals surface area (Å²) in [7, 11) is 0. The van der Waals surface area contributed by atoms with Crippen molar-refractivity contribution in [2.24, 2.45) is 27.9 Å². The molecule has 14 nitrogen and oxygen atoms in total. The van der Waals surface area contributed by atoms with Crippen molar-refractivity contribution in [2.75, 3.05) is 19.7 Å². The van der Waals surface area contributed by atoms with Gasteiger partial charge in [-0.25, -0.2) is 4.79 Å². The molecule has 32 heavy (non-hydrogen) atoms. The first-order valence-electron chi connectivity index (χ1n) is 10.3. The molecule has 0 bridgehead atoms. The van der Waals surface area contributed by atoms with Crippen molar-refractivity contribution < 1.29 is 29.4 Å². The second-order valence-electron chi connectivity index (χ2n) is 7.21. The molecule has 0 saturated heterocycles. The predicted octanol–water partition coefficient (Wildman–Crippen LogP) is -3.95. The summed E-state index contributed by atoms with van der Waals surface area (Å²) in [6.45, 7) is 1.38. The largest absolute Gasteiger partial charge is 0.480 e. The van der Waals surface area contributed by atoms with Crippen molar-refractivity contribution in [1.82, 2.24) is 16.0 Å². The van der Waals surface area contributed by atoms with Crippen LogP contribution >= 0.6 is 0 Å². The zero-order valence-electron chi connectivity index (χ0n) is 18.3. The summed E-state index contributed by atoms with van der Waals surface area (Å²) in [5.74, 6) is -3.45. The maximum Gasteiger partial charge on any atom is 0.326 e. The minimum absolute atomic E-state index is 0.0762. The fourth-order valence-electron chi connectivity index (χ4n) is 2.56. The van der Waals surface area contributed by atoms with Gasteiger partial charge in [-0.3, -0.25) is 19.4 Å². The van der Waals surface area contributed by atoms with Crippen LogP contribution in [0, 0.1) is 0 Å². The minimum atomic E-state index is -1.24. The molecule has 0 radical (unpaired) electrons. The number of hydrogen-bond acceptors (Lipinski definition) is 8. The molecule has 3 amide bonds. The first-order valence-corrected chi connectivity index (χ1v) is 10.3. The van der Waals surface area contributed by atoms with Gasteiger partial charge < -0.3 is 49.1 Å². The number of carbonyl (C=O) groups excluding carboxylic acids is 3. The number of nitrogens with zero attached hydrogens (tertiary/aromatic N) is 1. The summed E-state index contributed by atoms with van der Waals surface area (Å²) in [5.41, 5.74) is 21.3. The molecule has 14 heteroatoms. The normalized spacial score (nSPS) is 14.4. The van der Waals surface area contributed by atoms with Crippen LogP contribution in [0.4, 0.5) is 0 Å². The fraction of sp³-hybridized carbons (Fsp3) is 0.722. The lowest BCUT2D eigenvalue weighted by Crippen LogP contribution is -2.56. The van der Waals surface area contributed by atoms with Crippen LogP contribution in [-0.4, -0.2) is 83.7 Å². The Morgan fingerprint density at radius 2 is 1.50 bits per heavy atom. The number of guanidine groups is 1. The third-order valence-corrected chi connectivity index (χ3v) is 4.43. The van der Waals surface area contributed by atoms with Gasteiger partial charge in [0.25, 0.3) is 0 Å².